The molecule has 0 spiro atoms. The van der Waals surface area contributed by atoms with Crippen LogP contribution in [0.25, 0.3) is 11.1 Å². The number of rotatable bonds is 19. The van der Waals surface area contributed by atoms with Crippen molar-refractivity contribution in [2.75, 3.05) is 18.8 Å². The lowest BCUT2D eigenvalue weighted by molar-refractivity contribution is -0.133. The van der Waals surface area contributed by atoms with Gasteiger partial charge >= 0.3 is 0 Å². The fraction of sp³-hybridized carbons (Fsp3) is 0.425. The van der Waals surface area contributed by atoms with E-state index in [0.717, 1.165) is 47.9 Å². The van der Waals surface area contributed by atoms with Crippen LogP contribution in [0.1, 0.15) is 62.5 Å². The smallest absolute Gasteiger partial charge is 0.244 e. The number of hydrogen-bond donors (Lipinski definition) is 7. The first-order valence-electron chi connectivity index (χ1n) is 18.2. The minimum atomic E-state index is -1.00. The number of benzene rings is 3. The van der Waals surface area contributed by atoms with Crippen LogP contribution in [-0.2, 0) is 32.0 Å². The van der Waals surface area contributed by atoms with E-state index in [1.54, 1.807) is 0 Å². The summed E-state index contributed by atoms with van der Waals surface area (Å²) < 4.78 is 0. The van der Waals surface area contributed by atoms with E-state index >= 15 is 0 Å². The lowest BCUT2D eigenvalue weighted by Crippen LogP contribution is -2.57. The first-order valence-corrected chi connectivity index (χ1v) is 18.9. The molecule has 12 heteroatoms. The van der Waals surface area contributed by atoms with Gasteiger partial charge in [-0.05, 0) is 53.9 Å². The summed E-state index contributed by atoms with van der Waals surface area (Å²) >= 11 is 4.33. The molecule has 0 heterocycles. The van der Waals surface area contributed by atoms with Gasteiger partial charge in [0, 0.05) is 18.8 Å². The zero-order valence-electron chi connectivity index (χ0n) is 29.8. The maximum atomic E-state index is 13.9. The minimum absolute atomic E-state index is 0.0149. The molecule has 0 aromatic heterocycles. The third-order valence-corrected chi connectivity index (χ3v) is 9.69. The summed E-state index contributed by atoms with van der Waals surface area (Å²) in [7, 11) is 0. The number of thiol groups is 1. The summed E-state index contributed by atoms with van der Waals surface area (Å²) in [5, 5.41) is 11.5. The molecule has 1 aliphatic rings. The van der Waals surface area contributed by atoms with Gasteiger partial charge in [0.15, 0.2) is 5.96 Å². The number of carbonyl (C=O) groups excluding carboxylic acids is 4. The fourth-order valence-electron chi connectivity index (χ4n) is 6.47. The molecule has 3 unspecified atom stereocenters. The van der Waals surface area contributed by atoms with Gasteiger partial charge in [-0.2, -0.15) is 12.6 Å². The van der Waals surface area contributed by atoms with Crippen LogP contribution in [0.4, 0.5) is 0 Å². The van der Waals surface area contributed by atoms with Crippen LogP contribution in [0.2, 0.25) is 0 Å². The average molecular weight is 728 g/mol. The van der Waals surface area contributed by atoms with Crippen LogP contribution in [0.5, 0.6) is 0 Å². The molecule has 278 valence electrons. The molecule has 11 nitrogen and oxygen atoms in total. The van der Waals surface area contributed by atoms with Crippen molar-refractivity contribution in [3.8, 4) is 11.1 Å². The van der Waals surface area contributed by atoms with E-state index in [1.165, 1.54) is 6.42 Å². The second-order valence-corrected chi connectivity index (χ2v) is 13.7. The molecule has 1 fully saturated rings. The van der Waals surface area contributed by atoms with Gasteiger partial charge in [-0.1, -0.05) is 117 Å². The number of nitrogens with zero attached hydrogens (tertiary/aromatic N) is 1. The van der Waals surface area contributed by atoms with Crippen molar-refractivity contribution in [2.45, 2.75) is 82.3 Å². The number of carbonyl (C=O) groups is 4. The third kappa shape index (κ3) is 13.7. The van der Waals surface area contributed by atoms with E-state index in [1.807, 2.05) is 84.9 Å². The topological polar surface area (TPSA) is 181 Å². The van der Waals surface area contributed by atoms with E-state index < -0.39 is 29.9 Å². The van der Waals surface area contributed by atoms with Gasteiger partial charge in [0.05, 0.1) is 6.42 Å². The monoisotopic (exact) mass is 727 g/mol. The lowest BCUT2D eigenvalue weighted by Gasteiger charge is -2.28. The highest BCUT2D eigenvalue weighted by Crippen LogP contribution is 2.27. The summed E-state index contributed by atoms with van der Waals surface area (Å²) in [6.07, 6.45) is 7.22. The summed E-state index contributed by atoms with van der Waals surface area (Å²) in [6.45, 7) is 0.683. The number of nitrogens with one attached hydrogen (secondary N) is 4. The Balaban J connectivity index is 1.39. The summed E-state index contributed by atoms with van der Waals surface area (Å²) in [6, 6.07) is 24.7. The molecule has 0 bridgehead atoms. The summed E-state index contributed by atoms with van der Waals surface area (Å²) in [5.74, 6) is -1.39. The molecule has 3 atom stereocenters. The molecule has 3 aromatic carbocycles. The molecule has 0 saturated heterocycles. The van der Waals surface area contributed by atoms with Crippen LogP contribution in [0, 0.1) is 5.92 Å². The molecule has 3 aromatic rings. The normalized spacial score (nSPS) is 14.6. The Morgan fingerprint density at radius 1 is 0.712 bits per heavy atom. The van der Waals surface area contributed by atoms with Gasteiger partial charge in [-0.3, -0.25) is 24.2 Å². The maximum absolute atomic E-state index is 13.9. The van der Waals surface area contributed by atoms with E-state index in [2.05, 4.69) is 38.9 Å². The fourth-order valence-corrected chi connectivity index (χ4v) is 6.73. The standard InChI is InChI=1S/C40H53N7O4S/c41-40(42)44-23-10-17-33(38(50)47-34(25-29-13-6-2-7-14-29)37(49)43-24-22-28-11-4-1-5-12-28)46-39(51)35(27-52)45-36(48)26-30-18-20-32(21-19-30)31-15-8-3-9-16-31/h1,3-5,8-9,11-12,15-16,18-21,29,33-35,52H,2,6-7,10,13-14,17,22-27H2,(H,43,49)(H,45,48)(H,46,51)(H,47,50)(H4,41,42,44). The molecule has 4 amide bonds. The number of hydrogen-bond acceptors (Lipinski definition) is 6. The molecular formula is C40H53N7O4S. The van der Waals surface area contributed by atoms with E-state index in [4.69, 9.17) is 11.5 Å². The Bertz CT molecular complexity index is 1600. The predicted octanol–water partition coefficient (Wildman–Crippen LogP) is 3.66. The van der Waals surface area contributed by atoms with Crippen molar-refractivity contribution in [1.82, 2.24) is 21.3 Å². The van der Waals surface area contributed by atoms with Crippen molar-refractivity contribution in [2.24, 2.45) is 22.4 Å². The number of guanidine groups is 1. The van der Waals surface area contributed by atoms with E-state index in [0.29, 0.717) is 31.7 Å². The predicted molar refractivity (Wildman–Crippen MR) is 209 cm³/mol. The van der Waals surface area contributed by atoms with Crippen LogP contribution in [0.15, 0.2) is 89.9 Å². The number of nitrogens with two attached hydrogens (primary N) is 2. The molecule has 8 N–H and O–H groups in total. The summed E-state index contributed by atoms with van der Waals surface area (Å²) in [4.78, 5) is 58.0. The van der Waals surface area contributed by atoms with Crippen molar-refractivity contribution in [3.05, 3.63) is 96.1 Å². The average Bonchev–Trinajstić information content (AvgIpc) is 3.16. The molecule has 4 rings (SSSR count). The second kappa shape index (κ2) is 21.5. The molecule has 1 saturated carbocycles. The van der Waals surface area contributed by atoms with Crippen LogP contribution in [0.3, 0.4) is 0 Å². The highest BCUT2D eigenvalue weighted by molar-refractivity contribution is 7.80. The van der Waals surface area contributed by atoms with E-state index in [9.17, 15) is 19.2 Å². The molecule has 0 radical (unpaired) electrons. The highest BCUT2D eigenvalue weighted by atomic mass is 32.1. The molecule has 0 aliphatic heterocycles. The zero-order chi connectivity index (χ0) is 37.1. The van der Waals surface area contributed by atoms with Crippen molar-refractivity contribution >= 4 is 42.2 Å². The van der Waals surface area contributed by atoms with Gasteiger partial charge in [0.1, 0.15) is 18.1 Å². The Labute approximate surface area is 312 Å². The van der Waals surface area contributed by atoms with Crippen molar-refractivity contribution in [3.63, 3.8) is 0 Å². The van der Waals surface area contributed by atoms with Gasteiger partial charge in [-0.15, -0.1) is 0 Å². The first kappa shape index (κ1) is 39.9. The highest BCUT2D eigenvalue weighted by Gasteiger charge is 2.31. The minimum Gasteiger partial charge on any atom is -0.370 e. The Morgan fingerprint density at radius 3 is 1.98 bits per heavy atom. The Morgan fingerprint density at radius 2 is 1.33 bits per heavy atom. The Hall–Kier alpha value is -4.84. The lowest BCUT2D eigenvalue weighted by atomic mass is 9.84. The quantitative estimate of drug-likeness (QED) is 0.0429. The van der Waals surface area contributed by atoms with Gasteiger partial charge in [0.2, 0.25) is 23.6 Å². The van der Waals surface area contributed by atoms with Gasteiger partial charge < -0.3 is 32.7 Å². The summed E-state index contributed by atoms with van der Waals surface area (Å²) in [5.41, 5.74) is 15.0. The largest absolute Gasteiger partial charge is 0.370 e. The number of amides is 4. The van der Waals surface area contributed by atoms with Gasteiger partial charge in [-0.25, -0.2) is 0 Å². The SMILES string of the molecule is NC(N)=NCCCC(NC(=O)C(CS)NC(=O)Cc1ccc(-c2ccccc2)cc1)C(=O)NC(CC1CCCCC1)C(=O)NCCc1ccccc1. The van der Waals surface area contributed by atoms with E-state index in [-0.39, 0.29) is 42.9 Å². The second-order valence-electron chi connectivity index (χ2n) is 13.4. The number of aliphatic imine (C=N–C) groups is 1. The Kier molecular flexibility index (Phi) is 16.5. The maximum Gasteiger partial charge on any atom is 0.244 e. The van der Waals surface area contributed by atoms with Crippen LogP contribution in [-0.4, -0.2) is 66.6 Å². The van der Waals surface area contributed by atoms with Crippen molar-refractivity contribution < 1.29 is 19.2 Å². The first-order chi connectivity index (χ1) is 25.2. The molecule has 1 aliphatic carbocycles. The molecular weight excluding hydrogens is 675 g/mol. The molecule has 52 heavy (non-hydrogen) atoms. The third-order valence-electron chi connectivity index (χ3n) is 9.32. The van der Waals surface area contributed by atoms with Crippen molar-refractivity contribution in [1.29, 1.82) is 0 Å². The van der Waals surface area contributed by atoms with Crippen LogP contribution < -0.4 is 32.7 Å². The van der Waals surface area contributed by atoms with Gasteiger partial charge in [0.25, 0.3) is 0 Å². The zero-order valence-corrected chi connectivity index (χ0v) is 30.7. The van der Waals surface area contributed by atoms with Crippen LogP contribution >= 0.6 is 12.6 Å².